The molecule has 0 radical (unpaired) electrons. The Hall–Kier alpha value is -0.120. The maximum Gasteiger partial charge on any atom is 0.0645 e. The molecule has 3 aliphatic rings. The van der Waals surface area contributed by atoms with Gasteiger partial charge in [0.2, 0.25) is 0 Å². The zero-order chi connectivity index (χ0) is 10.3. The van der Waals surface area contributed by atoms with Crippen LogP contribution in [0.2, 0.25) is 0 Å². The number of rotatable bonds is 2. The zero-order valence-electron chi connectivity index (χ0n) is 9.58. The van der Waals surface area contributed by atoms with E-state index in [1.54, 1.807) is 0 Å². The minimum atomic E-state index is 0.559. The molecule has 2 saturated heterocycles. The van der Waals surface area contributed by atoms with Crippen LogP contribution >= 0.6 is 0 Å². The SMILES string of the molecule is COC1CC2(CCN(C3COC3)CC2)C1. The Balaban J connectivity index is 1.48. The van der Waals surface area contributed by atoms with E-state index in [-0.39, 0.29) is 0 Å². The van der Waals surface area contributed by atoms with E-state index in [2.05, 4.69) is 4.90 Å². The lowest BCUT2D eigenvalue weighted by molar-refractivity contribution is -0.120. The van der Waals surface area contributed by atoms with Gasteiger partial charge in [0.05, 0.1) is 25.4 Å². The topological polar surface area (TPSA) is 21.7 Å². The van der Waals surface area contributed by atoms with Crippen LogP contribution in [0, 0.1) is 5.41 Å². The molecule has 0 aromatic carbocycles. The molecule has 3 heteroatoms. The third kappa shape index (κ3) is 1.71. The molecule has 2 heterocycles. The molecule has 0 aromatic heterocycles. The normalized spacial score (nSPS) is 32.6. The van der Waals surface area contributed by atoms with E-state index < -0.39 is 0 Å². The van der Waals surface area contributed by atoms with E-state index in [4.69, 9.17) is 9.47 Å². The van der Waals surface area contributed by atoms with Gasteiger partial charge in [-0.1, -0.05) is 0 Å². The first-order chi connectivity index (χ1) is 7.31. The smallest absolute Gasteiger partial charge is 0.0645 e. The summed E-state index contributed by atoms with van der Waals surface area (Å²) in [6.45, 7) is 4.50. The van der Waals surface area contributed by atoms with Gasteiger partial charge in [-0.2, -0.15) is 0 Å². The minimum Gasteiger partial charge on any atom is -0.381 e. The Morgan fingerprint density at radius 3 is 2.33 bits per heavy atom. The summed E-state index contributed by atoms with van der Waals surface area (Å²) in [4.78, 5) is 2.62. The van der Waals surface area contributed by atoms with Crippen LogP contribution in [-0.4, -0.2) is 50.5 Å². The van der Waals surface area contributed by atoms with Crippen molar-refractivity contribution < 1.29 is 9.47 Å². The average Bonchev–Trinajstić information content (AvgIpc) is 2.13. The van der Waals surface area contributed by atoms with E-state index in [1.807, 2.05) is 7.11 Å². The van der Waals surface area contributed by atoms with E-state index in [9.17, 15) is 0 Å². The molecular formula is C12H21NO2. The third-order valence-corrected chi connectivity index (χ3v) is 4.65. The van der Waals surface area contributed by atoms with Gasteiger partial charge in [-0.25, -0.2) is 0 Å². The van der Waals surface area contributed by atoms with Crippen molar-refractivity contribution in [3.63, 3.8) is 0 Å². The molecule has 0 amide bonds. The molecule has 3 nitrogen and oxygen atoms in total. The summed E-state index contributed by atoms with van der Waals surface area (Å²) in [5.74, 6) is 0. The molecule has 15 heavy (non-hydrogen) atoms. The van der Waals surface area contributed by atoms with Gasteiger partial charge < -0.3 is 9.47 Å². The lowest BCUT2D eigenvalue weighted by atomic mass is 9.61. The second kappa shape index (κ2) is 3.72. The Kier molecular flexibility index (Phi) is 2.49. The Labute approximate surface area is 91.7 Å². The second-order valence-electron chi connectivity index (χ2n) is 5.49. The molecule has 1 spiro atoms. The Morgan fingerprint density at radius 1 is 1.20 bits per heavy atom. The number of hydrogen-bond acceptors (Lipinski definition) is 3. The summed E-state index contributed by atoms with van der Waals surface area (Å²) < 4.78 is 10.6. The molecule has 3 rings (SSSR count). The average molecular weight is 211 g/mol. The van der Waals surface area contributed by atoms with Crippen molar-refractivity contribution in [3.8, 4) is 0 Å². The van der Waals surface area contributed by atoms with Gasteiger partial charge in [0, 0.05) is 7.11 Å². The van der Waals surface area contributed by atoms with Crippen molar-refractivity contribution in [1.82, 2.24) is 4.90 Å². The summed E-state index contributed by atoms with van der Waals surface area (Å²) in [5.41, 5.74) is 0.655. The van der Waals surface area contributed by atoms with Crippen LogP contribution in [0.1, 0.15) is 25.7 Å². The minimum absolute atomic E-state index is 0.559. The van der Waals surface area contributed by atoms with Gasteiger partial charge in [0.25, 0.3) is 0 Å². The van der Waals surface area contributed by atoms with Crippen LogP contribution in [-0.2, 0) is 9.47 Å². The highest BCUT2D eigenvalue weighted by atomic mass is 16.5. The standard InChI is InChI=1S/C12H21NO2/c1-14-11-6-12(7-11)2-4-13(5-3-12)10-8-15-9-10/h10-11H,2-9H2,1H3. The number of nitrogens with zero attached hydrogens (tertiary/aromatic N) is 1. The van der Waals surface area contributed by atoms with Crippen LogP contribution in [0.25, 0.3) is 0 Å². The van der Waals surface area contributed by atoms with E-state index in [1.165, 1.54) is 38.8 Å². The van der Waals surface area contributed by atoms with Crippen molar-refractivity contribution >= 4 is 0 Å². The molecule has 0 bridgehead atoms. The molecule has 0 unspecified atom stereocenters. The summed E-state index contributed by atoms with van der Waals surface area (Å²) in [7, 11) is 1.85. The lowest BCUT2D eigenvalue weighted by Crippen LogP contribution is -2.56. The maximum atomic E-state index is 5.39. The third-order valence-electron chi connectivity index (χ3n) is 4.65. The van der Waals surface area contributed by atoms with Gasteiger partial charge in [-0.3, -0.25) is 4.90 Å². The first-order valence-electron chi connectivity index (χ1n) is 6.16. The number of ether oxygens (including phenoxy) is 2. The monoisotopic (exact) mass is 211 g/mol. The zero-order valence-corrected chi connectivity index (χ0v) is 9.58. The first-order valence-corrected chi connectivity index (χ1v) is 6.16. The first kappa shape index (κ1) is 10.1. The molecule has 1 aliphatic carbocycles. The van der Waals surface area contributed by atoms with Crippen LogP contribution in [0.4, 0.5) is 0 Å². The molecule has 0 aromatic rings. The summed E-state index contributed by atoms with van der Waals surface area (Å²) in [6.07, 6.45) is 5.92. The summed E-state index contributed by atoms with van der Waals surface area (Å²) in [5, 5.41) is 0. The van der Waals surface area contributed by atoms with Crippen molar-refractivity contribution in [3.05, 3.63) is 0 Å². The van der Waals surface area contributed by atoms with Crippen LogP contribution in [0.15, 0.2) is 0 Å². The van der Waals surface area contributed by atoms with Gasteiger partial charge in [0.1, 0.15) is 0 Å². The predicted octanol–water partition coefficient (Wildman–Crippen LogP) is 1.28. The highest BCUT2D eigenvalue weighted by Crippen LogP contribution is 2.50. The quantitative estimate of drug-likeness (QED) is 0.686. The predicted molar refractivity (Wildman–Crippen MR) is 57.9 cm³/mol. The van der Waals surface area contributed by atoms with Gasteiger partial charge in [0.15, 0.2) is 0 Å². The summed E-state index contributed by atoms with van der Waals surface area (Å²) >= 11 is 0. The second-order valence-corrected chi connectivity index (χ2v) is 5.49. The fourth-order valence-corrected chi connectivity index (χ4v) is 3.28. The highest BCUT2D eigenvalue weighted by molar-refractivity contribution is 4.99. The number of likely N-dealkylation sites (tertiary alicyclic amines) is 1. The van der Waals surface area contributed by atoms with Crippen molar-refractivity contribution in [1.29, 1.82) is 0 Å². The maximum absolute atomic E-state index is 5.39. The number of piperidine rings is 1. The van der Waals surface area contributed by atoms with Gasteiger partial charge in [-0.05, 0) is 44.2 Å². The van der Waals surface area contributed by atoms with E-state index in [0.29, 0.717) is 11.5 Å². The Morgan fingerprint density at radius 2 is 1.87 bits per heavy atom. The molecule has 86 valence electrons. The van der Waals surface area contributed by atoms with Crippen molar-refractivity contribution in [2.45, 2.75) is 37.8 Å². The molecular weight excluding hydrogens is 190 g/mol. The van der Waals surface area contributed by atoms with Gasteiger partial charge in [-0.15, -0.1) is 0 Å². The van der Waals surface area contributed by atoms with Crippen LogP contribution in [0.3, 0.4) is 0 Å². The van der Waals surface area contributed by atoms with Crippen LogP contribution < -0.4 is 0 Å². The van der Waals surface area contributed by atoms with Crippen molar-refractivity contribution in [2.75, 3.05) is 33.4 Å². The number of methoxy groups -OCH3 is 1. The molecule has 3 fully saturated rings. The molecule has 0 N–H and O–H groups in total. The molecule has 2 aliphatic heterocycles. The molecule has 0 atom stereocenters. The molecule has 1 saturated carbocycles. The van der Waals surface area contributed by atoms with Gasteiger partial charge >= 0.3 is 0 Å². The van der Waals surface area contributed by atoms with E-state index >= 15 is 0 Å². The van der Waals surface area contributed by atoms with Crippen molar-refractivity contribution in [2.24, 2.45) is 5.41 Å². The Bertz CT molecular complexity index is 224. The largest absolute Gasteiger partial charge is 0.381 e. The lowest BCUT2D eigenvalue weighted by Gasteiger charge is -2.53. The van der Waals surface area contributed by atoms with E-state index in [0.717, 1.165) is 19.3 Å². The summed E-state index contributed by atoms with van der Waals surface area (Å²) in [6, 6.07) is 0.737. The highest BCUT2D eigenvalue weighted by Gasteiger charge is 2.46. The number of hydrogen-bond donors (Lipinski definition) is 0. The van der Waals surface area contributed by atoms with Crippen LogP contribution in [0.5, 0.6) is 0 Å². The fourth-order valence-electron chi connectivity index (χ4n) is 3.28. The fraction of sp³-hybridized carbons (Fsp3) is 1.00.